The number of carbonyl (C=O) groups is 2. The fourth-order valence-corrected chi connectivity index (χ4v) is 10.3. The van der Waals surface area contributed by atoms with Crippen molar-refractivity contribution in [2.75, 3.05) is 6.61 Å². The zero-order valence-electron chi connectivity index (χ0n) is 31.5. The molecule has 5 aliphatic rings. The third kappa shape index (κ3) is 7.62. The smallest absolute Gasteiger partial charge is 0.303 e. The van der Waals surface area contributed by atoms with Gasteiger partial charge in [0.25, 0.3) is 0 Å². The lowest BCUT2D eigenvalue weighted by Gasteiger charge is -2.58. The number of oxime groups is 1. The summed E-state index contributed by atoms with van der Waals surface area (Å²) in [7, 11) is 0. The van der Waals surface area contributed by atoms with E-state index in [-0.39, 0.29) is 29.0 Å². The third-order valence-corrected chi connectivity index (χ3v) is 13.0. The number of fused-ring (bicyclic) bond motifs is 5. The zero-order chi connectivity index (χ0) is 35.8. The van der Waals surface area contributed by atoms with Crippen LogP contribution in [0.2, 0.25) is 0 Å². The number of hydrogen-bond acceptors (Lipinski definition) is 8. The van der Waals surface area contributed by atoms with Crippen LogP contribution in [-0.4, -0.2) is 48.9 Å². The van der Waals surface area contributed by atoms with E-state index >= 15 is 0 Å². The summed E-state index contributed by atoms with van der Waals surface area (Å²) in [5, 5.41) is 4.72. The van der Waals surface area contributed by atoms with E-state index in [0.717, 1.165) is 37.0 Å². The molecule has 5 unspecified atom stereocenters. The number of rotatable bonds is 9. The van der Waals surface area contributed by atoms with Crippen molar-refractivity contribution in [1.29, 1.82) is 0 Å². The summed E-state index contributed by atoms with van der Waals surface area (Å²) in [5.41, 5.74) is 5.78. The van der Waals surface area contributed by atoms with Crippen LogP contribution in [0.5, 0.6) is 0 Å². The summed E-state index contributed by atoms with van der Waals surface area (Å²) in [6.07, 6.45) is 13.5. The van der Waals surface area contributed by atoms with Gasteiger partial charge in [0.2, 0.25) is 0 Å². The Morgan fingerprint density at radius 1 is 0.940 bits per heavy atom. The standard InChI is InChI=1S/C42H59NO7/c1-26(43-47-24-29-9-11-30(12-10-29)40(4,5)6)34-15-16-35-33-14-13-31-23-32(19-21-41(31,7)36(33)20-22-42(34,35)8)49-39-18-17-37(48-28(3)45)38(50-39)25-46-27(2)44/h9-13,17-18,32-39H,14-16,19-25H2,1-8H3/b43-26+/t32?,33?,34-,35?,36?,37+,38-,39?,41+,42-/m1/s1. The first-order chi connectivity index (χ1) is 23.7. The second kappa shape index (κ2) is 14.6. The van der Waals surface area contributed by atoms with E-state index in [4.69, 9.17) is 28.9 Å². The molecular formula is C42H59NO7. The Labute approximate surface area is 299 Å². The van der Waals surface area contributed by atoms with Crippen LogP contribution in [-0.2, 0) is 45.4 Å². The van der Waals surface area contributed by atoms with E-state index < -0.39 is 30.4 Å². The molecule has 3 fully saturated rings. The van der Waals surface area contributed by atoms with Crippen molar-refractivity contribution in [3.63, 3.8) is 0 Å². The molecule has 0 aromatic heterocycles. The largest absolute Gasteiger partial charge is 0.463 e. The van der Waals surface area contributed by atoms with Crippen LogP contribution in [0.25, 0.3) is 0 Å². The van der Waals surface area contributed by atoms with E-state index in [9.17, 15) is 9.59 Å². The van der Waals surface area contributed by atoms with Crippen molar-refractivity contribution in [3.8, 4) is 0 Å². The van der Waals surface area contributed by atoms with Gasteiger partial charge in [-0.25, -0.2) is 0 Å². The summed E-state index contributed by atoms with van der Waals surface area (Å²) in [6, 6.07) is 8.74. The lowest BCUT2D eigenvalue weighted by atomic mass is 9.47. The molecule has 0 bridgehead atoms. The first-order valence-electron chi connectivity index (χ1n) is 18.9. The SMILES string of the molecule is CC(=O)OC[C@H]1OC(OC2CC[C@@]3(C)C(=CCC4C3CC[C@@]3(C)C4CC[C@@H]3/C(C)=N/OCc3ccc(C(C)(C)C)cc3)C2)C=C[C@@H]1OC(C)=O. The molecular weight excluding hydrogens is 630 g/mol. The predicted octanol–water partition coefficient (Wildman–Crippen LogP) is 8.62. The molecule has 1 aromatic carbocycles. The summed E-state index contributed by atoms with van der Waals surface area (Å²) < 4.78 is 23.2. The Bertz CT molecular complexity index is 1490. The first-order valence-corrected chi connectivity index (χ1v) is 18.9. The third-order valence-electron chi connectivity index (χ3n) is 13.0. The molecule has 10 atom stereocenters. The maximum absolute atomic E-state index is 11.6. The van der Waals surface area contributed by atoms with Gasteiger partial charge < -0.3 is 23.8 Å². The molecule has 1 heterocycles. The van der Waals surface area contributed by atoms with Gasteiger partial charge in [0, 0.05) is 19.8 Å². The monoisotopic (exact) mass is 689 g/mol. The molecule has 0 amide bonds. The van der Waals surface area contributed by atoms with Crippen LogP contribution in [0.15, 0.2) is 53.2 Å². The minimum absolute atomic E-state index is 0.0000181. The Kier molecular flexibility index (Phi) is 10.7. The maximum Gasteiger partial charge on any atom is 0.303 e. The average Bonchev–Trinajstić information content (AvgIpc) is 3.42. The van der Waals surface area contributed by atoms with Crippen molar-refractivity contribution in [3.05, 3.63) is 59.2 Å². The molecule has 6 rings (SSSR count). The molecule has 274 valence electrons. The van der Waals surface area contributed by atoms with Crippen molar-refractivity contribution < 1.29 is 33.4 Å². The molecule has 8 heteroatoms. The van der Waals surface area contributed by atoms with Gasteiger partial charge in [-0.2, -0.15) is 0 Å². The van der Waals surface area contributed by atoms with Gasteiger partial charge in [-0.15, -0.1) is 0 Å². The van der Waals surface area contributed by atoms with E-state index in [0.29, 0.717) is 30.3 Å². The lowest BCUT2D eigenvalue weighted by Crippen LogP contribution is -2.51. The number of nitrogens with zero attached hydrogens (tertiary/aromatic N) is 1. The highest BCUT2D eigenvalue weighted by Crippen LogP contribution is 2.66. The van der Waals surface area contributed by atoms with Gasteiger partial charge in [0.1, 0.15) is 25.4 Å². The summed E-state index contributed by atoms with van der Waals surface area (Å²) in [6.45, 7) is 17.2. The first kappa shape index (κ1) is 36.8. The van der Waals surface area contributed by atoms with Gasteiger partial charge >= 0.3 is 11.9 Å². The quantitative estimate of drug-likeness (QED) is 0.111. The van der Waals surface area contributed by atoms with Gasteiger partial charge in [-0.05, 0) is 116 Å². The Morgan fingerprint density at radius 3 is 2.40 bits per heavy atom. The normalized spacial score (nSPS) is 36.8. The number of benzene rings is 1. The molecule has 3 saturated carbocycles. The highest BCUT2D eigenvalue weighted by atomic mass is 16.7. The average molecular weight is 690 g/mol. The van der Waals surface area contributed by atoms with Crippen LogP contribution in [0.3, 0.4) is 0 Å². The number of esters is 2. The summed E-state index contributed by atoms with van der Waals surface area (Å²) >= 11 is 0. The number of allylic oxidation sites excluding steroid dienone is 1. The minimum Gasteiger partial charge on any atom is -0.463 e. The molecule has 0 saturated heterocycles. The fourth-order valence-electron chi connectivity index (χ4n) is 10.3. The maximum atomic E-state index is 11.6. The molecule has 1 aromatic rings. The molecule has 50 heavy (non-hydrogen) atoms. The number of ether oxygens (including phenoxy) is 4. The Balaban J connectivity index is 1.06. The van der Waals surface area contributed by atoms with Gasteiger partial charge in [0.15, 0.2) is 6.29 Å². The topological polar surface area (TPSA) is 92.7 Å². The summed E-state index contributed by atoms with van der Waals surface area (Å²) in [5.74, 6) is 1.74. The molecule has 0 spiro atoms. The van der Waals surface area contributed by atoms with Crippen LogP contribution in [0, 0.1) is 34.5 Å². The highest BCUT2D eigenvalue weighted by Gasteiger charge is 2.59. The highest BCUT2D eigenvalue weighted by molar-refractivity contribution is 5.85. The van der Waals surface area contributed by atoms with E-state index in [2.05, 4.69) is 71.9 Å². The van der Waals surface area contributed by atoms with E-state index in [1.165, 1.54) is 45.1 Å². The van der Waals surface area contributed by atoms with Gasteiger partial charge in [0.05, 0.1) is 11.8 Å². The van der Waals surface area contributed by atoms with Crippen molar-refractivity contribution in [1.82, 2.24) is 0 Å². The number of carbonyl (C=O) groups excluding carboxylic acids is 2. The molecule has 0 radical (unpaired) electrons. The van der Waals surface area contributed by atoms with Crippen LogP contribution in [0.4, 0.5) is 0 Å². The minimum atomic E-state index is -0.620. The van der Waals surface area contributed by atoms with Crippen LogP contribution >= 0.6 is 0 Å². The molecule has 1 aliphatic heterocycles. The Morgan fingerprint density at radius 2 is 1.70 bits per heavy atom. The molecule has 8 nitrogen and oxygen atoms in total. The van der Waals surface area contributed by atoms with Crippen molar-refractivity contribution in [2.24, 2.45) is 39.7 Å². The van der Waals surface area contributed by atoms with Crippen molar-refractivity contribution >= 4 is 17.7 Å². The van der Waals surface area contributed by atoms with E-state index in [1.54, 1.807) is 11.6 Å². The van der Waals surface area contributed by atoms with E-state index in [1.807, 2.05) is 6.08 Å². The fraction of sp³-hybridized carbons (Fsp3) is 0.690. The lowest BCUT2D eigenvalue weighted by molar-refractivity contribution is -0.213. The molecule has 4 aliphatic carbocycles. The second-order valence-corrected chi connectivity index (χ2v) is 17.2. The zero-order valence-corrected chi connectivity index (χ0v) is 31.5. The summed E-state index contributed by atoms with van der Waals surface area (Å²) in [4.78, 5) is 29.1. The second-order valence-electron chi connectivity index (χ2n) is 17.2. The van der Waals surface area contributed by atoms with Crippen molar-refractivity contribution in [2.45, 2.75) is 143 Å². The van der Waals surface area contributed by atoms with Crippen LogP contribution in [0.1, 0.15) is 118 Å². The Hall–Kier alpha value is -2.97. The predicted molar refractivity (Wildman–Crippen MR) is 193 cm³/mol. The number of hydrogen-bond donors (Lipinski definition) is 0. The van der Waals surface area contributed by atoms with Crippen LogP contribution < -0.4 is 0 Å². The molecule has 0 N–H and O–H groups in total. The van der Waals surface area contributed by atoms with Gasteiger partial charge in [-0.1, -0.05) is 75.7 Å². The van der Waals surface area contributed by atoms with Gasteiger partial charge in [-0.3, -0.25) is 9.59 Å².